The fourth-order valence-corrected chi connectivity index (χ4v) is 4.46. The van der Waals surface area contributed by atoms with Crippen LogP contribution in [0, 0.1) is 11.8 Å². The van der Waals surface area contributed by atoms with E-state index in [1.54, 1.807) is 0 Å². The van der Waals surface area contributed by atoms with Crippen molar-refractivity contribution < 1.29 is 0 Å². The third-order valence-corrected chi connectivity index (χ3v) is 5.97. The van der Waals surface area contributed by atoms with E-state index in [0.29, 0.717) is 0 Å². The van der Waals surface area contributed by atoms with E-state index in [0.717, 1.165) is 24.2 Å². The zero-order valence-electron chi connectivity index (χ0n) is 16.1. The Morgan fingerprint density at radius 1 is 0.800 bits per heavy atom. The van der Waals surface area contributed by atoms with Crippen LogP contribution in [0.25, 0.3) is 0 Å². The summed E-state index contributed by atoms with van der Waals surface area (Å²) in [5, 5.41) is 0. The van der Waals surface area contributed by atoms with Crippen molar-refractivity contribution >= 4 is 5.69 Å². The maximum Gasteiger partial charge on any atom is 0.0610 e. The average molecular weight is 339 g/mol. The van der Waals surface area contributed by atoms with Gasteiger partial charge in [-0.25, -0.2) is 0 Å². The van der Waals surface area contributed by atoms with Crippen molar-refractivity contribution in [3.63, 3.8) is 0 Å². The summed E-state index contributed by atoms with van der Waals surface area (Å²) in [6.07, 6.45) is 14.0. The predicted molar refractivity (Wildman–Crippen MR) is 108 cm³/mol. The van der Waals surface area contributed by atoms with E-state index in [1.165, 1.54) is 69.9 Å². The Morgan fingerprint density at radius 2 is 1.32 bits per heavy atom. The molecule has 2 fully saturated rings. The summed E-state index contributed by atoms with van der Waals surface area (Å²) in [6.45, 7) is 0.949. The average Bonchev–Trinajstić information content (AvgIpc) is 2.67. The highest BCUT2D eigenvalue weighted by molar-refractivity contribution is 5.49. The maximum absolute atomic E-state index is 3.51. The van der Waals surface area contributed by atoms with Crippen molar-refractivity contribution in [2.75, 3.05) is 25.5 Å². The molecule has 0 aromatic heterocycles. The van der Waals surface area contributed by atoms with Crippen LogP contribution in [0.3, 0.4) is 0 Å². The van der Waals surface area contributed by atoms with E-state index in [9.17, 15) is 0 Å². The molecule has 0 N–H and O–H groups in total. The van der Waals surface area contributed by atoms with Crippen LogP contribution in [-0.4, -0.2) is 37.6 Å². The van der Waals surface area contributed by atoms with Gasteiger partial charge in [0.05, 0.1) is 6.54 Å². The topological polar surface area (TPSA) is 6.48 Å². The van der Waals surface area contributed by atoms with E-state index < -0.39 is 0 Å². The van der Waals surface area contributed by atoms with Crippen LogP contribution in [0.5, 0.6) is 0 Å². The molecule has 3 rings (SSSR count). The van der Waals surface area contributed by atoms with Gasteiger partial charge < -0.3 is 4.90 Å². The first-order valence-electron chi connectivity index (χ1n) is 10.3. The molecule has 0 saturated heterocycles. The van der Waals surface area contributed by atoms with E-state index in [2.05, 4.69) is 60.0 Å². The standard InChI is InChI=1S/C23H34N2/c1-24(2)21-17-15-20(16-18-21)10-9-19-25(22-11-5-3-6-12-22)23-13-7-4-8-14-23/h15-18,22-23H,3-8,11-14,19H2,1-2H3. The molecule has 0 atom stereocenters. The van der Waals surface area contributed by atoms with Crippen LogP contribution in [-0.2, 0) is 0 Å². The summed E-state index contributed by atoms with van der Waals surface area (Å²) < 4.78 is 0. The van der Waals surface area contributed by atoms with Crippen molar-refractivity contribution in [3.8, 4) is 11.8 Å². The molecule has 136 valence electrons. The molecule has 2 aliphatic carbocycles. The minimum atomic E-state index is 0.780. The number of rotatable bonds is 4. The molecule has 2 heteroatoms. The summed E-state index contributed by atoms with van der Waals surface area (Å²) in [4.78, 5) is 4.91. The third-order valence-electron chi connectivity index (χ3n) is 5.97. The van der Waals surface area contributed by atoms with Gasteiger partial charge in [-0.2, -0.15) is 0 Å². The number of anilines is 1. The highest BCUT2D eigenvalue weighted by Crippen LogP contribution is 2.29. The second-order valence-corrected chi connectivity index (χ2v) is 8.00. The van der Waals surface area contributed by atoms with Gasteiger partial charge in [0.25, 0.3) is 0 Å². The first-order valence-corrected chi connectivity index (χ1v) is 10.3. The van der Waals surface area contributed by atoms with Crippen LogP contribution in [0.1, 0.15) is 69.8 Å². The molecule has 1 aromatic rings. The van der Waals surface area contributed by atoms with E-state index >= 15 is 0 Å². The molecule has 0 heterocycles. The summed E-state index contributed by atoms with van der Waals surface area (Å²) >= 11 is 0. The normalized spacial score (nSPS) is 19.5. The number of hydrogen-bond donors (Lipinski definition) is 0. The Morgan fingerprint density at radius 3 is 1.80 bits per heavy atom. The monoisotopic (exact) mass is 338 g/mol. The zero-order valence-corrected chi connectivity index (χ0v) is 16.1. The van der Waals surface area contributed by atoms with Gasteiger partial charge in [0.2, 0.25) is 0 Å². The van der Waals surface area contributed by atoms with Crippen LogP contribution in [0.2, 0.25) is 0 Å². The minimum Gasteiger partial charge on any atom is -0.378 e. The number of nitrogens with zero attached hydrogens (tertiary/aromatic N) is 2. The molecule has 0 bridgehead atoms. The zero-order chi connectivity index (χ0) is 17.5. The van der Waals surface area contributed by atoms with Crippen LogP contribution < -0.4 is 4.90 Å². The second kappa shape index (κ2) is 9.30. The molecule has 0 amide bonds. The number of benzene rings is 1. The lowest BCUT2D eigenvalue weighted by Gasteiger charge is -2.40. The van der Waals surface area contributed by atoms with Gasteiger partial charge in [0.15, 0.2) is 0 Å². The molecule has 0 unspecified atom stereocenters. The van der Waals surface area contributed by atoms with E-state index in [-0.39, 0.29) is 0 Å². The summed E-state index contributed by atoms with van der Waals surface area (Å²) in [5.74, 6) is 6.92. The first kappa shape index (κ1) is 18.3. The largest absolute Gasteiger partial charge is 0.378 e. The molecule has 2 saturated carbocycles. The van der Waals surface area contributed by atoms with Gasteiger partial charge in [-0.1, -0.05) is 50.4 Å². The summed E-state index contributed by atoms with van der Waals surface area (Å²) in [7, 11) is 4.15. The third kappa shape index (κ3) is 5.25. The Balaban J connectivity index is 1.65. The minimum absolute atomic E-state index is 0.780. The van der Waals surface area contributed by atoms with Gasteiger partial charge >= 0.3 is 0 Å². The van der Waals surface area contributed by atoms with Gasteiger partial charge in [-0.3, -0.25) is 4.90 Å². The molecule has 2 nitrogen and oxygen atoms in total. The Hall–Kier alpha value is -1.46. The molecule has 0 aliphatic heterocycles. The Labute approximate surface area is 154 Å². The van der Waals surface area contributed by atoms with Crippen molar-refractivity contribution in [1.29, 1.82) is 0 Å². The SMILES string of the molecule is CN(C)c1ccc(C#CCN(C2CCCCC2)C2CCCCC2)cc1. The smallest absolute Gasteiger partial charge is 0.0610 e. The fourth-order valence-electron chi connectivity index (χ4n) is 4.46. The summed E-state index contributed by atoms with van der Waals surface area (Å²) in [6, 6.07) is 10.2. The quantitative estimate of drug-likeness (QED) is 0.707. The van der Waals surface area contributed by atoms with E-state index in [4.69, 9.17) is 0 Å². The highest BCUT2D eigenvalue weighted by Gasteiger charge is 2.27. The lowest BCUT2D eigenvalue weighted by atomic mass is 9.88. The molecule has 0 spiro atoms. The van der Waals surface area contributed by atoms with Gasteiger partial charge in [0.1, 0.15) is 0 Å². The molecule has 25 heavy (non-hydrogen) atoms. The first-order chi connectivity index (χ1) is 12.2. The predicted octanol–water partition coefficient (Wildman–Crippen LogP) is 5.07. The lowest BCUT2D eigenvalue weighted by Crippen LogP contribution is -2.45. The van der Waals surface area contributed by atoms with Crippen molar-refractivity contribution in [2.24, 2.45) is 0 Å². The van der Waals surface area contributed by atoms with Crippen LogP contribution >= 0.6 is 0 Å². The molecule has 1 aromatic carbocycles. The fraction of sp³-hybridized carbons (Fsp3) is 0.652. The molecule has 2 aliphatic rings. The van der Waals surface area contributed by atoms with Gasteiger partial charge in [0, 0.05) is 37.4 Å². The lowest BCUT2D eigenvalue weighted by molar-refractivity contribution is 0.0961. The van der Waals surface area contributed by atoms with Crippen molar-refractivity contribution in [3.05, 3.63) is 29.8 Å². The molecule has 0 radical (unpaired) electrons. The van der Waals surface area contributed by atoms with Crippen molar-refractivity contribution in [1.82, 2.24) is 4.90 Å². The second-order valence-electron chi connectivity index (χ2n) is 8.00. The molecular formula is C23H34N2. The molecular weight excluding hydrogens is 304 g/mol. The van der Waals surface area contributed by atoms with Crippen LogP contribution in [0.4, 0.5) is 5.69 Å². The maximum atomic E-state index is 3.51. The van der Waals surface area contributed by atoms with Gasteiger partial charge in [-0.05, 0) is 49.9 Å². The summed E-state index contributed by atoms with van der Waals surface area (Å²) in [5.41, 5.74) is 2.37. The van der Waals surface area contributed by atoms with Gasteiger partial charge in [-0.15, -0.1) is 0 Å². The Kier molecular flexibility index (Phi) is 6.82. The van der Waals surface area contributed by atoms with Crippen molar-refractivity contribution in [2.45, 2.75) is 76.3 Å². The Bertz CT molecular complexity index is 548. The van der Waals surface area contributed by atoms with Crippen LogP contribution in [0.15, 0.2) is 24.3 Å². The number of hydrogen-bond acceptors (Lipinski definition) is 2. The highest BCUT2D eigenvalue weighted by atomic mass is 15.2. The van der Waals surface area contributed by atoms with E-state index in [1.807, 2.05) is 0 Å².